The Balaban J connectivity index is 2.24. The molecule has 0 aliphatic carbocycles. The van der Waals surface area contributed by atoms with E-state index in [0.717, 1.165) is 35.2 Å². The lowest BCUT2D eigenvalue weighted by Crippen LogP contribution is -2.34. The van der Waals surface area contributed by atoms with Crippen LogP contribution in [0.15, 0.2) is 22.7 Å². The predicted molar refractivity (Wildman–Crippen MR) is 66.7 cm³/mol. The van der Waals surface area contributed by atoms with Crippen LogP contribution in [0.3, 0.4) is 0 Å². The Morgan fingerprint density at radius 2 is 2.31 bits per heavy atom. The van der Waals surface area contributed by atoms with Crippen molar-refractivity contribution in [3.05, 3.63) is 28.2 Å². The topological polar surface area (TPSA) is 41.5 Å². The number of hydrogen-bond donors (Lipinski definition) is 2. The highest BCUT2D eigenvalue weighted by molar-refractivity contribution is 9.10. The Morgan fingerprint density at radius 3 is 3.00 bits per heavy atom. The average molecular weight is 286 g/mol. The quantitative estimate of drug-likeness (QED) is 0.876. The van der Waals surface area contributed by atoms with Crippen LogP contribution >= 0.6 is 15.9 Å². The summed E-state index contributed by atoms with van der Waals surface area (Å²) in [5, 5.41) is 13.1. The molecule has 2 rings (SSSR count). The van der Waals surface area contributed by atoms with Crippen LogP contribution in [0.1, 0.15) is 24.4 Å². The van der Waals surface area contributed by atoms with Gasteiger partial charge in [0.2, 0.25) is 0 Å². The second-order valence-corrected chi connectivity index (χ2v) is 4.99. The van der Waals surface area contributed by atoms with E-state index in [2.05, 4.69) is 21.2 Å². The molecule has 1 unspecified atom stereocenters. The SMILES string of the molecule is COc1cc(Br)ccc1[C@@H]1CC(O)CCN1. The highest BCUT2D eigenvalue weighted by atomic mass is 79.9. The predicted octanol–water partition coefficient (Wildman–Crippen LogP) is 2.24. The van der Waals surface area contributed by atoms with Crippen molar-refractivity contribution in [2.24, 2.45) is 0 Å². The van der Waals surface area contributed by atoms with E-state index in [1.807, 2.05) is 18.2 Å². The summed E-state index contributed by atoms with van der Waals surface area (Å²) in [4.78, 5) is 0. The number of ether oxygens (including phenoxy) is 1. The Hall–Kier alpha value is -0.580. The first-order valence-corrected chi connectivity index (χ1v) is 6.25. The first-order valence-electron chi connectivity index (χ1n) is 5.45. The van der Waals surface area contributed by atoms with Gasteiger partial charge < -0.3 is 15.2 Å². The maximum absolute atomic E-state index is 9.67. The van der Waals surface area contributed by atoms with Crippen molar-refractivity contribution in [1.82, 2.24) is 5.32 Å². The number of rotatable bonds is 2. The average Bonchev–Trinajstić information content (AvgIpc) is 2.28. The van der Waals surface area contributed by atoms with Crippen molar-refractivity contribution in [2.45, 2.75) is 25.0 Å². The summed E-state index contributed by atoms with van der Waals surface area (Å²) in [6.45, 7) is 0.852. The molecule has 2 atom stereocenters. The molecule has 88 valence electrons. The van der Waals surface area contributed by atoms with E-state index in [-0.39, 0.29) is 12.1 Å². The minimum atomic E-state index is -0.209. The van der Waals surface area contributed by atoms with E-state index in [9.17, 15) is 5.11 Å². The second-order valence-electron chi connectivity index (χ2n) is 4.07. The number of halogens is 1. The Bertz CT molecular complexity index is 370. The van der Waals surface area contributed by atoms with Gasteiger partial charge in [0.25, 0.3) is 0 Å². The number of aliphatic hydroxyl groups is 1. The van der Waals surface area contributed by atoms with Crippen LogP contribution in [-0.2, 0) is 0 Å². The second kappa shape index (κ2) is 5.17. The molecule has 2 N–H and O–H groups in total. The third-order valence-corrected chi connectivity index (χ3v) is 3.44. The highest BCUT2D eigenvalue weighted by Gasteiger charge is 2.23. The molecule has 0 saturated carbocycles. The molecule has 1 aliphatic rings. The molecule has 0 radical (unpaired) electrons. The van der Waals surface area contributed by atoms with Gasteiger partial charge in [0.15, 0.2) is 0 Å². The molecular weight excluding hydrogens is 270 g/mol. The number of aliphatic hydroxyl groups excluding tert-OH is 1. The Labute approximate surface area is 104 Å². The molecule has 1 fully saturated rings. The van der Waals surface area contributed by atoms with Gasteiger partial charge in [0, 0.05) is 16.1 Å². The zero-order chi connectivity index (χ0) is 11.5. The summed E-state index contributed by atoms with van der Waals surface area (Å²) in [6, 6.07) is 6.18. The monoisotopic (exact) mass is 285 g/mol. The van der Waals surface area contributed by atoms with Gasteiger partial charge in [-0.05, 0) is 31.5 Å². The van der Waals surface area contributed by atoms with E-state index < -0.39 is 0 Å². The van der Waals surface area contributed by atoms with Crippen LogP contribution in [0.25, 0.3) is 0 Å². The maximum Gasteiger partial charge on any atom is 0.124 e. The number of piperidine rings is 1. The van der Waals surface area contributed by atoms with Crippen molar-refractivity contribution < 1.29 is 9.84 Å². The lowest BCUT2D eigenvalue weighted by Gasteiger charge is -2.28. The normalized spacial score (nSPS) is 25.4. The van der Waals surface area contributed by atoms with Gasteiger partial charge in [-0.2, -0.15) is 0 Å². The van der Waals surface area contributed by atoms with Gasteiger partial charge in [-0.15, -0.1) is 0 Å². The molecule has 3 nitrogen and oxygen atoms in total. The minimum absolute atomic E-state index is 0.187. The number of benzene rings is 1. The fourth-order valence-corrected chi connectivity index (χ4v) is 2.45. The fourth-order valence-electron chi connectivity index (χ4n) is 2.11. The van der Waals surface area contributed by atoms with Crippen molar-refractivity contribution in [1.29, 1.82) is 0 Å². The first-order chi connectivity index (χ1) is 7.70. The van der Waals surface area contributed by atoms with Gasteiger partial charge >= 0.3 is 0 Å². The van der Waals surface area contributed by atoms with E-state index in [1.54, 1.807) is 7.11 Å². The van der Waals surface area contributed by atoms with E-state index in [0.29, 0.717) is 0 Å². The maximum atomic E-state index is 9.67. The third-order valence-electron chi connectivity index (χ3n) is 2.95. The van der Waals surface area contributed by atoms with Crippen LogP contribution in [0.2, 0.25) is 0 Å². The molecule has 1 saturated heterocycles. The molecular formula is C12H16BrNO2. The van der Waals surface area contributed by atoms with Crippen molar-refractivity contribution in [3.63, 3.8) is 0 Å². The largest absolute Gasteiger partial charge is 0.496 e. The van der Waals surface area contributed by atoms with E-state index in [1.165, 1.54) is 0 Å². The van der Waals surface area contributed by atoms with Crippen LogP contribution in [0.5, 0.6) is 5.75 Å². The summed E-state index contributed by atoms with van der Waals surface area (Å²) < 4.78 is 6.37. The van der Waals surface area contributed by atoms with Crippen LogP contribution < -0.4 is 10.1 Å². The van der Waals surface area contributed by atoms with Gasteiger partial charge in [-0.1, -0.05) is 22.0 Å². The smallest absolute Gasteiger partial charge is 0.124 e. The van der Waals surface area contributed by atoms with Gasteiger partial charge in [-0.3, -0.25) is 0 Å². The van der Waals surface area contributed by atoms with Crippen molar-refractivity contribution in [2.75, 3.05) is 13.7 Å². The summed E-state index contributed by atoms with van der Waals surface area (Å²) in [5.74, 6) is 0.862. The Morgan fingerprint density at radius 1 is 1.50 bits per heavy atom. The molecule has 1 heterocycles. The van der Waals surface area contributed by atoms with Crippen LogP contribution in [-0.4, -0.2) is 24.9 Å². The molecule has 1 aliphatic heterocycles. The Kier molecular flexibility index (Phi) is 3.84. The molecule has 0 amide bonds. The van der Waals surface area contributed by atoms with Gasteiger partial charge in [0.1, 0.15) is 5.75 Å². The summed E-state index contributed by atoms with van der Waals surface area (Å²) in [5.41, 5.74) is 1.12. The molecule has 0 spiro atoms. The first kappa shape index (κ1) is 11.9. The zero-order valence-electron chi connectivity index (χ0n) is 9.24. The summed E-state index contributed by atoms with van der Waals surface area (Å²) in [6.07, 6.45) is 1.37. The molecule has 1 aromatic carbocycles. The van der Waals surface area contributed by atoms with Gasteiger partial charge in [0.05, 0.1) is 13.2 Å². The highest BCUT2D eigenvalue weighted by Crippen LogP contribution is 2.32. The fraction of sp³-hybridized carbons (Fsp3) is 0.500. The van der Waals surface area contributed by atoms with Crippen molar-refractivity contribution in [3.8, 4) is 5.75 Å². The lowest BCUT2D eigenvalue weighted by molar-refractivity contribution is 0.116. The summed E-state index contributed by atoms with van der Waals surface area (Å²) >= 11 is 3.42. The van der Waals surface area contributed by atoms with Crippen LogP contribution in [0, 0.1) is 0 Å². The molecule has 0 bridgehead atoms. The zero-order valence-corrected chi connectivity index (χ0v) is 10.8. The molecule has 0 aromatic heterocycles. The standard InChI is InChI=1S/C12H16BrNO2/c1-16-12-6-8(13)2-3-10(12)11-7-9(15)4-5-14-11/h2-3,6,9,11,14-15H,4-5,7H2,1H3/t9?,11-/m0/s1. The summed E-state index contributed by atoms with van der Waals surface area (Å²) in [7, 11) is 1.67. The van der Waals surface area contributed by atoms with E-state index >= 15 is 0 Å². The van der Waals surface area contributed by atoms with Crippen molar-refractivity contribution >= 4 is 15.9 Å². The van der Waals surface area contributed by atoms with Crippen LogP contribution in [0.4, 0.5) is 0 Å². The lowest BCUT2D eigenvalue weighted by atomic mass is 9.95. The number of methoxy groups -OCH3 is 1. The number of hydrogen-bond acceptors (Lipinski definition) is 3. The number of nitrogens with one attached hydrogen (secondary N) is 1. The third kappa shape index (κ3) is 2.56. The molecule has 1 aromatic rings. The molecule has 4 heteroatoms. The van der Waals surface area contributed by atoms with Gasteiger partial charge in [-0.25, -0.2) is 0 Å². The van der Waals surface area contributed by atoms with E-state index in [4.69, 9.17) is 4.74 Å². The molecule has 16 heavy (non-hydrogen) atoms. The minimum Gasteiger partial charge on any atom is -0.496 e.